The number of hydrogen-bond donors (Lipinski definition) is 1. The van der Waals surface area contributed by atoms with E-state index in [0.29, 0.717) is 18.3 Å². The minimum Gasteiger partial charge on any atom is -0.493 e. The maximum Gasteiger partial charge on any atom is 0.407 e. The summed E-state index contributed by atoms with van der Waals surface area (Å²) >= 11 is 0. The summed E-state index contributed by atoms with van der Waals surface area (Å²) in [6, 6.07) is 3.84. The first-order chi connectivity index (χ1) is 7.80. The minimum absolute atomic E-state index is 0. The molecule has 0 aliphatic carbocycles. The third kappa shape index (κ3) is 5.14. The lowest BCUT2D eigenvalue weighted by Crippen LogP contribution is -2.28. The molecule has 18 heavy (non-hydrogen) atoms. The summed E-state index contributed by atoms with van der Waals surface area (Å²) in [4.78, 5) is 0. The first-order valence-electron chi connectivity index (χ1n) is 5.35. The van der Waals surface area contributed by atoms with Crippen molar-refractivity contribution in [2.24, 2.45) is 11.7 Å². The fourth-order valence-electron chi connectivity index (χ4n) is 1.25. The van der Waals surface area contributed by atoms with E-state index in [2.05, 4.69) is 0 Å². The Bertz CT molecular complexity index is 369. The Balaban J connectivity index is 0.00000289. The second kappa shape index (κ2) is 6.85. The normalized spacial score (nSPS) is 13.1. The highest BCUT2D eigenvalue weighted by molar-refractivity contribution is 5.85. The minimum atomic E-state index is -4.43. The molecule has 6 heteroatoms. The van der Waals surface area contributed by atoms with Gasteiger partial charge in [-0.05, 0) is 23.6 Å². The van der Waals surface area contributed by atoms with Gasteiger partial charge in [0.2, 0.25) is 0 Å². The molecule has 0 amide bonds. The molecule has 0 bridgehead atoms. The van der Waals surface area contributed by atoms with Crippen molar-refractivity contribution in [1.29, 1.82) is 0 Å². The van der Waals surface area contributed by atoms with Crippen LogP contribution in [0.5, 0.6) is 5.75 Å². The van der Waals surface area contributed by atoms with Gasteiger partial charge in [-0.15, -0.1) is 12.4 Å². The van der Waals surface area contributed by atoms with Gasteiger partial charge in [-0.2, -0.15) is 13.2 Å². The Kier molecular flexibility index (Phi) is 6.49. The van der Waals surface area contributed by atoms with Crippen molar-refractivity contribution in [3.63, 3.8) is 0 Å². The van der Waals surface area contributed by atoms with Gasteiger partial charge in [0, 0.05) is 0 Å². The van der Waals surface area contributed by atoms with Crippen LogP contribution in [0.4, 0.5) is 13.2 Å². The van der Waals surface area contributed by atoms with Crippen molar-refractivity contribution < 1.29 is 17.9 Å². The quantitative estimate of drug-likeness (QED) is 0.914. The van der Waals surface area contributed by atoms with Crippen molar-refractivity contribution in [2.75, 3.05) is 6.61 Å². The Labute approximate surface area is 111 Å². The maximum absolute atomic E-state index is 12.4. The summed E-state index contributed by atoms with van der Waals surface area (Å²) in [5, 5.41) is 0. The van der Waals surface area contributed by atoms with Crippen molar-refractivity contribution in [3.05, 3.63) is 29.8 Å². The Hall–Kier alpha value is -0.940. The second-order valence-corrected chi connectivity index (χ2v) is 4.30. The number of nitrogens with two attached hydrogens (primary N) is 1. The molecule has 0 fully saturated rings. The monoisotopic (exact) mass is 283 g/mol. The molecule has 0 aromatic heterocycles. The molecule has 0 saturated heterocycles. The summed E-state index contributed by atoms with van der Waals surface area (Å²) in [5.74, 6) is 0.728. The standard InChI is InChI=1S/C12H16F3NO.ClH/c1-8(2)7-17-10-5-3-4-9(6-10)11(16)12(13,14)15;/h3-6,8,11H,7,16H2,1-2H3;1H/t11-;/m1./s1. The Morgan fingerprint density at radius 1 is 1.28 bits per heavy atom. The van der Waals surface area contributed by atoms with Crippen LogP contribution in [0.3, 0.4) is 0 Å². The molecule has 104 valence electrons. The molecule has 0 heterocycles. The number of ether oxygens (including phenoxy) is 1. The van der Waals surface area contributed by atoms with E-state index >= 15 is 0 Å². The van der Waals surface area contributed by atoms with E-state index in [9.17, 15) is 13.2 Å². The number of hydrogen-bond acceptors (Lipinski definition) is 2. The third-order valence-electron chi connectivity index (χ3n) is 2.15. The molecular formula is C12H17ClF3NO. The van der Waals surface area contributed by atoms with Crippen molar-refractivity contribution >= 4 is 12.4 Å². The molecule has 1 atom stereocenters. The summed E-state index contributed by atoms with van der Waals surface area (Å²) < 4.78 is 42.6. The summed E-state index contributed by atoms with van der Waals surface area (Å²) in [6.07, 6.45) is -4.43. The first-order valence-corrected chi connectivity index (χ1v) is 5.35. The lowest BCUT2D eigenvalue weighted by molar-refractivity contribution is -0.149. The highest BCUT2D eigenvalue weighted by Crippen LogP contribution is 2.31. The Morgan fingerprint density at radius 2 is 1.89 bits per heavy atom. The zero-order valence-electron chi connectivity index (χ0n) is 10.2. The molecule has 0 saturated carbocycles. The van der Waals surface area contributed by atoms with Gasteiger partial charge >= 0.3 is 6.18 Å². The van der Waals surface area contributed by atoms with Gasteiger partial charge < -0.3 is 10.5 Å². The van der Waals surface area contributed by atoms with Gasteiger partial charge in [-0.25, -0.2) is 0 Å². The summed E-state index contributed by atoms with van der Waals surface area (Å²) in [5.41, 5.74) is 5.13. The van der Waals surface area contributed by atoms with Crippen LogP contribution in [-0.2, 0) is 0 Å². The highest BCUT2D eigenvalue weighted by atomic mass is 35.5. The van der Waals surface area contributed by atoms with Crippen LogP contribution < -0.4 is 10.5 Å². The third-order valence-corrected chi connectivity index (χ3v) is 2.15. The SMILES string of the molecule is CC(C)COc1cccc([C@@H](N)C(F)(F)F)c1.Cl. The molecule has 1 aromatic carbocycles. The topological polar surface area (TPSA) is 35.2 Å². The number of alkyl halides is 3. The molecule has 0 spiro atoms. The first kappa shape index (κ1) is 17.1. The van der Waals surface area contributed by atoms with E-state index in [1.165, 1.54) is 18.2 Å². The van der Waals surface area contributed by atoms with Crippen LogP contribution in [-0.4, -0.2) is 12.8 Å². The van der Waals surface area contributed by atoms with E-state index in [1.807, 2.05) is 13.8 Å². The zero-order valence-corrected chi connectivity index (χ0v) is 11.0. The predicted octanol–water partition coefficient (Wildman–Crippen LogP) is 3.71. The van der Waals surface area contributed by atoms with Crippen LogP contribution in [0.25, 0.3) is 0 Å². The fraction of sp³-hybridized carbons (Fsp3) is 0.500. The summed E-state index contributed by atoms with van der Waals surface area (Å²) in [6.45, 7) is 4.39. The predicted molar refractivity (Wildman–Crippen MR) is 67.0 cm³/mol. The molecule has 0 radical (unpaired) electrons. The number of halogens is 4. The van der Waals surface area contributed by atoms with Gasteiger partial charge in [-0.3, -0.25) is 0 Å². The van der Waals surface area contributed by atoms with E-state index in [1.54, 1.807) is 6.07 Å². The van der Waals surface area contributed by atoms with Crippen LogP contribution in [0.1, 0.15) is 25.5 Å². The van der Waals surface area contributed by atoms with E-state index in [4.69, 9.17) is 10.5 Å². The van der Waals surface area contributed by atoms with Gasteiger partial charge in [-0.1, -0.05) is 26.0 Å². The van der Waals surface area contributed by atoms with Crippen LogP contribution in [0.15, 0.2) is 24.3 Å². The molecular weight excluding hydrogens is 267 g/mol. The van der Waals surface area contributed by atoms with Crippen LogP contribution >= 0.6 is 12.4 Å². The maximum atomic E-state index is 12.4. The summed E-state index contributed by atoms with van der Waals surface area (Å²) in [7, 11) is 0. The van der Waals surface area contributed by atoms with Crippen molar-refractivity contribution in [2.45, 2.75) is 26.1 Å². The van der Waals surface area contributed by atoms with Crippen LogP contribution in [0.2, 0.25) is 0 Å². The molecule has 2 nitrogen and oxygen atoms in total. The van der Waals surface area contributed by atoms with Crippen molar-refractivity contribution in [1.82, 2.24) is 0 Å². The van der Waals surface area contributed by atoms with Crippen molar-refractivity contribution in [3.8, 4) is 5.75 Å². The fourth-order valence-corrected chi connectivity index (χ4v) is 1.25. The number of rotatable bonds is 4. The number of benzene rings is 1. The molecule has 2 N–H and O–H groups in total. The van der Waals surface area contributed by atoms with E-state index in [0.717, 1.165) is 0 Å². The second-order valence-electron chi connectivity index (χ2n) is 4.30. The molecule has 1 rings (SSSR count). The highest BCUT2D eigenvalue weighted by Gasteiger charge is 2.37. The average Bonchev–Trinajstić information content (AvgIpc) is 2.24. The van der Waals surface area contributed by atoms with Gasteiger partial charge in [0.05, 0.1) is 6.61 Å². The van der Waals surface area contributed by atoms with Gasteiger partial charge in [0.25, 0.3) is 0 Å². The van der Waals surface area contributed by atoms with Gasteiger partial charge in [0.15, 0.2) is 0 Å². The van der Waals surface area contributed by atoms with E-state index < -0.39 is 12.2 Å². The smallest absolute Gasteiger partial charge is 0.407 e. The van der Waals surface area contributed by atoms with E-state index in [-0.39, 0.29) is 18.0 Å². The zero-order chi connectivity index (χ0) is 13.1. The lowest BCUT2D eigenvalue weighted by atomic mass is 10.1. The molecule has 0 unspecified atom stereocenters. The molecule has 1 aromatic rings. The largest absolute Gasteiger partial charge is 0.493 e. The average molecular weight is 284 g/mol. The van der Waals surface area contributed by atoms with Gasteiger partial charge in [0.1, 0.15) is 11.8 Å². The van der Waals surface area contributed by atoms with Crippen LogP contribution in [0, 0.1) is 5.92 Å². The lowest BCUT2D eigenvalue weighted by Gasteiger charge is -2.17. The Morgan fingerprint density at radius 3 is 2.39 bits per heavy atom. The molecule has 0 aliphatic heterocycles. The molecule has 0 aliphatic rings.